The fourth-order valence-corrected chi connectivity index (χ4v) is 6.82. The lowest BCUT2D eigenvalue weighted by Gasteiger charge is -2.28. The van der Waals surface area contributed by atoms with Crippen LogP contribution in [-0.4, -0.2) is 49.4 Å². The SMILES string of the molecule is CC1CCc2[nH]c3ccc(C(=O)OCC(=O)N(c4ccccc4)C4CCS(=O)(=O)C4)cc3c2C1. The molecule has 2 heterocycles. The molecule has 0 bridgehead atoms. The molecule has 34 heavy (non-hydrogen) atoms. The Morgan fingerprint density at radius 1 is 1.12 bits per heavy atom. The van der Waals surface area contributed by atoms with Crippen molar-refractivity contribution in [3.8, 4) is 0 Å². The highest BCUT2D eigenvalue weighted by Crippen LogP contribution is 2.32. The Labute approximate surface area is 199 Å². The number of hydrogen-bond acceptors (Lipinski definition) is 5. The molecule has 2 aliphatic rings. The first-order chi connectivity index (χ1) is 16.3. The monoisotopic (exact) mass is 480 g/mol. The number of nitrogens with zero attached hydrogens (tertiary/aromatic N) is 1. The van der Waals surface area contributed by atoms with Crippen molar-refractivity contribution < 1.29 is 22.7 Å². The van der Waals surface area contributed by atoms with Gasteiger partial charge in [-0.25, -0.2) is 13.2 Å². The summed E-state index contributed by atoms with van der Waals surface area (Å²) in [5, 5.41) is 1.03. The molecule has 3 aromatic rings. The van der Waals surface area contributed by atoms with Crippen LogP contribution in [0.25, 0.3) is 10.9 Å². The summed E-state index contributed by atoms with van der Waals surface area (Å²) < 4.78 is 29.5. The molecule has 1 fully saturated rings. The summed E-state index contributed by atoms with van der Waals surface area (Å²) in [5.41, 5.74) is 4.50. The number of aromatic amines is 1. The number of fused-ring (bicyclic) bond motifs is 3. The highest BCUT2D eigenvalue weighted by molar-refractivity contribution is 7.91. The predicted octanol–water partition coefficient (Wildman–Crippen LogP) is 3.67. The van der Waals surface area contributed by atoms with Crippen LogP contribution in [0, 0.1) is 5.92 Å². The molecule has 1 amide bonds. The second-order valence-corrected chi connectivity index (χ2v) is 11.7. The van der Waals surface area contributed by atoms with Crippen molar-refractivity contribution in [1.82, 2.24) is 4.98 Å². The fraction of sp³-hybridized carbons (Fsp3) is 0.385. The first-order valence-electron chi connectivity index (χ1n) is 11.7. The average molecular weight is 481 g/mol. The number of carbonyl (C=O) groups excluding carboxylic acids is 2. The highest BCUT2D eigenvalue weighted by Gasteiger charge is 2.36. The predicted molar refractivity (Wildman–Crippen MR) is 131 cm³/mol. The zero-order valence-electron chi connectivity index (χ0n) is 19.1. The zero-order chi connectivity index (χ0) is 23.9. The van der Waals surface area contributed by atoms with Gasteiger partial charge in [0.05, 0.1) is 23.1 Å². The molecule has 0 radical (unpaired) electrons. The molecule has 2 atom stereocenters. The molecular weight excluding hydrogens is 452 g/mol. The van der Waals surface area contributed by atoms with Crippen molar-refractivity contribution in [1.29, 1.82) is 0 Å². The number of sulfone groups is 1. The van der Waals surface area contributed by atoms with Crippen molar-refractivity contribution in [3.05, 3.63) is 65.4 Å². The molecule has 2 aromatic carbocycles. The first kappa shape index (κ1) is 22.7. The van der Waals surface area contributed by atoms with E-state index in [4.69, 9.17) is 4.74 Å². The molecule has 8 heteroatoms. The van der Waals surface area contributed by atoms with E-state index >= 15 is 0 Å². The normalized spacial score (nSPS) is 21.2. The van der Waals surface area contributed by atoms with E-state index in [2.05, 4.69) is 11.9 Å². The zero-order valence-corrected chi connectivity index (χ0v) is 19.9. The van der Waals surface area contributed by atoms with E-state index < -0.39 is 34.4 Å². The molecule has 2 unspecified atom stereocenters. The Morgan fingerprint density at radius 3 is 2.65 bits per heavy atom. The maximum atomic E-state index is 13.1. The van der Waals surface area contributed by atoms with Gasteiger partial charge >= 0.3 is 5.97 Å². The molecule has 0 saturated carbocycles. The largest absolute Gasteiger partial charge is 0.452 e. The van der Waals surface area contributed by atoms with Crippen LogP contribution in [0.1, 0.15) is 41.4 Å². The van der Waals surface area contributed by atoms with Gasteiger partial charge in [-0.15, -0.1) is 0 Å². The Hall–Kier alpha value is -3.13. The first-order valence-corrected chi connectivity index (χ1v) is 13.5. The number of aromatic nitrogens is 1. The third-order valence-corrected chi connectivity index (χ3v) is 8.62. The number of para-hydroxylation sites is 1. The van der Waals surface area contributed by atoms with E-state index in [0.29, 0.717) is 23.6 Å². The number of esters is 1. The molecule has 1 aliphatic carbocycles. The van der Waals surface area contributed by atoms with Crippen LogP contribution >= 0.6 is 0 Å². The van der Waals surface area contributed by atoms with E-state index in [-0.39, 0.29) is 11.5 Å². The third-order valence-electron chi connectivity index (χ3n) is 6.87. The Balaban J connectivity index is 1.33. The van der Waals surface area contributed by atoms with Gasteiger partial charge in [-0.1, -0.05) is 25.1 Å². The summed E-state index contributed by atoms with van der Waals surface area (Å²) >= 11 is 0. The summed E-state index contributed by atoms with van der Waals surface area (Å²) in [5.74, 6) is -0.442. The van der Waals surface area contributed by atoms with Crippen molar-refractivity contribution in [2.24, 2.45) is 5.92 Å². The molecule has 5 rings (SSSR count). The molecule has 1 N–H and O–H groups in total. The molecule has 1 saturated heterocycles. The van der Waals surface area contributed by atoms with Gasteiger partial charge in [0, 0.05) is 22.3 Å². The lowest BCUT2D eigenvalue weighted by atomic mass is 9.87. The smallest absolute Gasteiger partial charge is 0.338 e. The van der Waals surface area contributed by atoms with Crippen molar-refractivity contribution in [3.63, 3.8) is 0 Å². The topological polar surface area (TPSA) is 96.5 Å². The quantitative estimate of drug-likeness (QED) is 0.562. The molecule has 1 aromatic heterocycles. The van der Waals surface area contributed by atoms with Gasteiger partial charge in [0.25, 0.3) is 5.91 Å². The van der Waals surface area contributed by atoms with Gasteiger partial charge in [0.15, 0.2) is 16.4 Å². The number of amides is 1. The van der Waals surface area contributed by atoms with E-state index in [1.165, 1.54) is 16.2 Å². The van der Waals surface area contributed by atoms with E-state index in [1.54, 1.807) is 30.3 Å². The van der Waals surface area contributed by atoms with Gasteiger partial charge < -0.3 is 14.6 Å². The number of carbonyl (C=O) groups is 2. The lowest BCUT2D eigenvalue weighted by Crippen LogP contribution is -2.43. The van der Waals surface area contributed by atoms with Crippen LogP contribution in [0.15, 0.2) is 48.5 Å². The lowest BCUT2D eigenvalue weighted by molar-refractivity contribution is -0.122. The van der Waals surface area contributed by atoms with Gasteiger partial charge in [-0.3, -0.25) is 4.79 Å². The minimum absolute atomic E-state index is 0.0493. The third kappa shape index (κ3) is 4.46. The highest BCUT2D eigenvalue weighted by atomic mass is 32.2. The summed E-state index contributed by atoms with van der Waals surface area (Å²) in [7, 11) is -3.19. The fourth-order valence-electron chi connectivity index (χ4n) is 5.12. The number of hydrogen-bond donors (Lipinski definition) is 1. The molecule has 178 valence electrons. The van der Waals surface area contributed by atoms with Crippen LogP contribution in [0.2, 0.25) is 0 Å². The molecule has 1 aliphatic heterocycles. The number of anilines is 1. The summed E-state index contributed by atoms with van der Waals surface area (Å²) in [6, 6.07) is 13.9. The summed E-state index contributed by atoms with van der Waals surface area (Å²) in [4.78, 5) is 30.9. The van der Waals surface area contributed by atoms with E-state index in [9.17, 15) is 18.0 Å². The number of ether oxygens (including phenoxy) is 1. The number of nitrogens with one attached hydrogen (secondary N) is 1. The average Bonchev–Trinajstić information content (AvgIpc) is 3.37. The molecular formula is C26H28N2O5S. The second kappa shape index (κ2) is 8.91. The standard InChI is InChI=1S/C26H28N2O5S/c1-17-7-9-23-21(13-17)22-14-18(8-10-24(22)27-23)26(30)33-15-25(29)28(19-5-3-2-4-6-19)20-11-12-34(31,32)16-20/h2-6,8,10,14,17,20,27H,7,9,11-13,15-16H2,1H3. The number of benzene rings is 2. The molecule has 0 spiro atoms. The number of H-pyrrole nitrogens is 1. The van der Waals surface area contributed by atoms with Crippen LogP contribution in [0.4, 0.5) is 5.69 Å². The van der Waals surface area contributed by atoms with Gasteiger partial charge in [-0.05, 0) is 67.5 Å². The van der Waals surface area contributed by atoms with Crippen molar-refractivity contribution >= 4 is 38.3 Å². The van der Waals surface area contributed by atoms with Crippen LogP contribution < -0.4 is 4.90 Å². The van der Waals surface area contributed by atoms with Crippen molar-refractivity contribution in [2.45, 2.75) is 38.6 Å². The summed E-state index contributed by atoms with van der Waals surface area (Å²) in [6.45, 7) is 1.78. The van der Waals surface area contributed by atoms with E-state index in [0.717, 1.165) is 30.2 Å². The maximum Gasteiger partial charge on any atom is 0.338 e. The maximum absolute atomic E-state index is 13.1. The minimum atomic E-state index is -3.19. The molecule has 7 nitrogen and oxygen atoms in total. The Morgan fingerprint density at radius 2 is 1.91 bits per heavy atom. The Kier molecular flexibility index (Phi) is 5.93. The minimum Gasteiger partial charge on any atom is -0.452 e. The van der Waals surface area contributed by atoms with Crippen LogP contribution in [0.3, 0.4) is 0 Å². The number of aryl methyl sites for hydroxylation is 1. The van der Waals surface area contributed by atoms with E-state index in [1.807, 2.05) is 18.2 Å². The summed E-state index contributed by atoms with van der Waals surface area (Å²) in [6.07, 6.45) is 3.50. The number of rotatable bonds is 5. The van der Waals surface area contributed by atoms with Crippen LogP contribution in [-0.2, 0) is 32.2 Å². The van der Waals surface area contributed by atoms with Gasteiger partial charge in [-0.2, -0.15) is 0 Å². The van der Waals surface area contributed by atoms with Crippen LogP contribution in [0.5, 0.6) is 0 Å². The second-order valence-electron chi connectivity index (χ2n) is 9.42. The van der Waals surface area contributed by atoms with Gasteiger partial charge in [0.1, 0.15) is 0 Å². The Bertz CT molecular complexity index is 1350. The van der Waals surface area contributed by atoms with Gasteiger partial charge in [0.2, 0.25) is 0 Å². The van der Waals surface area contributed by atoms with Crippen molar-refractivity contribution in [2.75, 3.05) is 23.0 Å².